The Morgan fingerprint density at radius 3 is 2.17 bits per heavy atom. The first-order valence-electron chi connectivity index (χ1n) is 13.0. The van der Waals surface area contributed by atoms with Crippen molar-refractivity contribution in [2.75, 3.05) is 18.4 Å². The molecule has 0 spiro atoms. The predicted octanol–water partition coefficient (Wildman–Crippen LogP) is 4.62. The summed E-state index contributed by atoms with van der Waals surface area (Å²) in [5.41, 5.74) is 2.39. The number of amides is 4. The van der Waals surface area contributed by atoms with Gasteiger partial charge in [0, 0.05) is 30.4 Å². The molecule has 3 aromatic rings. The van der Waals surface area contributed by atoms with Gasteiger partial charge in [-0.2, -0.15) is 0 Å². The van der Waals surface area contributed by atoms with Gasteiger partial charge in [0.25, 0.3) is 11.8 Å². The minimum absolute atomic E-state index is 0.0112. The molecule has 1 heterocycles. The monoisotopic (exact) mass is 564 g/mol. The molecule has 1 saturated heterocycles. The van der Waals surface area contributed by atoms with E-state index in [-0.39, 0.29) is 25.1 Å². The van der Waals surface area contributed by atoms with Crippen LogP contribution in [0.5, 0.6) is 0 Å². The van der Waals surface area contributed by atoms with Gasteiger partial charge in [-0.05, 0) is 55.7 Å². The molecular formula is C30H30F2N4O5. The van der Waals surface area contributed by atoms with Gasteiger partial charge in [0.1, 0.15) is 11.6 Å². The number of nitrogens with zero attached hydrogens (tertiary/aromatic N) is 2. The van der Waals surface area contributed by atoms with E-state index < -0.39 is 54.1 Å². The van der Waals surface area contributed by atoms with Crippen molar-refractivity contribution in [1.82, 2.24) is 15.1 Å². The molecule has 9 nitrogen and oxygen atoms in total. The number of carbonyl (C=O) groups is 4. The fourth-order valence-electron chi connectivity index (χ4n) is 4.85. The van der Waals surface area contributed by atoms with Crippen LogP contribution in [0.2, 0.25) is 0 Å². The average Bonchev–Trinajstić information content (AvgIpc) is 2.91. The van der Waals surface area contributed by atoms with E-state index in [1.807, 2.05) is 26.0 Å². The molecule has 0 aliphatic carbocycles. The summed E-state index contributed by atoms with van der Waals surface area (Å²) in [6.45, 7) is 3.77. The highest BCUT2D eigenvalue weighted by molar-refractivity contribution is 6.00. The van der Waals surface area contributed by atoms with Gasteiger partial charge in [-0.1, -0.05) is 42.0 Å². The second kappa shape index (κ2) is 12.6. The lowest BCUT2D eigenvalue weighted by Crippen LogP contribution is -2.64. The SMILES string of the molecule is Cc1cccc(NC(=O)N2CCCN(C(=O)c3cc(F)cc(F)c3)C2C(=O)NC(CC(=O)O)c2cccc(C)c2)c1. The Morgan fingerprint density at radius 1 is 0.902 bits per heavy atom. The third kappa shape index (κ3) is 7.24. The number of halogens is 2. The highest BCUT2D eigenvalue weighted by atomic mass is 19.1. The molecule has 3 N–H and O–H groups in total. The number of nitrogens with one attached hydrogen (secondary N) is 2. The lowest BCUT2D eigenvalue weighted by atomic mass is 10.0. The van der Waals surface area contributed by atoms with Crippen molar-refractivity contribution in [2.24, 2.45) is 0 Å². The molecule has 0 bridgehead atoms. The van der Waals surface area contributed by atoms with Gasteiger partial charge in [-0.15, -0.1) is 0 Å². The topological polar surface area (TPSA) is 119 Å². The van der Waals surface area contributed by atoms with Crippen molar-refractivity contribution < 1.29 is 33.1 Å². The van der Waals surface area contributed by atoms with Crippen molar-refractivity contribution in [3.8, 4) is 0 Å². The molecule has 11 heteroatoms. The normalized spacial score (nSPS) is 15.7. The maximum atomic E-state index is 14.0. The number of urea groups is 1. The molecule has 0 saturated carbocycles. The Morgan fingerprint density at radius 2 is 1.54 bits per heavy atom. The maximum Gasteiger partial charge on any atom is 0.323 e. The number of anilines is 1. The Labute approximate surface area is 235 Å². The van der Waals surface area contributed by atoms with Crippen molar-refractivity contribution in [3.05, 3.63) is 101 Å². The van der Waals surface area contributed by atoms with Crippen LogP contribution in [0.3, 0.4) is 0 Å². The molecule has 1 aliphatic rings. The fourth-order valence-corrected chi connectivity index (χ4v) is 4.85. The maximum absolute atomic E-state index is 14.0. The summed E-state index contributed by atoms with van der Waals surface area (Å²) in [6, 6.07) is 14.6. The zero-order valence-corrected chi connectivity index (χ0v) is 22.6. The molecule has 2 atom stereocenters. The summed E-state index contributed by atoms with van der Waals surface area (Å²) in [5, 5.41) is 15.0. The highest BCUT2D eigenvalue weighted by Crippen LogP contribution is 2.24. The van der Waals surface area contributed by atoms with Crippen molar-refractivity contribution in [2.45, 2.75) is 38.9 Å². The largest absolute Gasteiger partial charge is 0.481 e. The summed E-state index contributed by atoms with van der Waals surface area (Å²) in [6.07, 6.45) is -1.71. The lowest BCUT2D eigenvalue weighted by Gasteiger charge is -2.43. The summed E-state index contributed by atoms with van der Waals surface area (Å²) >= 11 is 0. The highest BCUT2D eigenvalue weighted by Gasteiger charge is 2.41. The Bertz CT molecular complexity index is 1460. The van der Waals surface area contributed by atoms with Crippen LogP contribution in [0.25, 0.3) is 0 Å². The van der Waals surface area contributed by atoms with Gasteiger partial charge in [0.15, 0.2) is 6.17 Å². The minimum Gasteiger partial charge on any atom is -0.481 e. The first-order valence-corrected chi connectivity index (χ1v) is 13.0. The number of rotatable bonds is 7. The third-order valence-electron chi connectivity index (χ3n) is 6.66. The van der Waals surface area contributed by atoms with E-state index >= 15 is 0 Å². The van der Waals surface area contributed by atoms with E-state index in [1.54, 1.807) is 36.4 Å². The number of hydrogen-bond donors (Lipinski definition) is 3. The number of carbonyl (C=O) groups excluding carboxylic acids is 3. The summed E-state index contributed by atoms with van der Waals surface area (Å²) < 4.78 is 28.0. The molecule has 1 aliphatic heterocycles. The van der Waals surface area contributed by atoms with Crippen LogP contribution in [0.1, 0.15) is 45.9 Å². The lowest BCUT2D eigenvalue weighted by molar-refractivity contribution is -0.138. The van der Waals surface area contributed by atoms with Crippen molar-refractivity contribution >= 4 is 29.5 Å². The fraction of sp³-hybridized carbons (Fsp3) is 0.267. The molecule has 0 radical (unpaired) electrons. The van der Waals surface area contributed by atoms with Gasteiger partial charge >= 0.3 is 12.0 Å². The molecule has 41 heavy (non-hydrogen) atoms. The molecule has 3 aromatic carbocycles. The van der Waals surface area contributed by atoms with Crippen molar-refractivity contribution in [1.29, 1.82) is 0 Å². The van der Waals surface area contributed by atoms with E-state index in [4.69, 9.17) is 0 Å². The van der Waals surface area contributed by atoms with Gasteiger partial charge < -0.3 is 20.6 Å². The van der Waals surface area contributed by atoms with E-state index in [1.165, 1.54) is 0 Å². The number of aryl methyl sites for hydroxylation is 2. The number of aliphatic carboxylic acids is 1. The van der Waals surface area contributed by atoms with E-state index in [2.05, 4.69) is 10.6 Å². The first-order chi connectivity index (χ1) is 19.5. The van der Waals surface area contributed by atoms with Crippen LogP contribution < -0.4 is 10.6 Å². The minimum atomic E-state index is -1.53. The molecular weight excluding hydrogens is 534 g/mol. The van der Waals surface area contributed by atoms with E-state index in [9.17, 15) is 33.1 Å². The number of benzene rings is 3. The quantitative estimate of drug-likeness (QED) is 0.387. The Hall–Kier alpha value is -4.80. The van der Waals surface area contributed by atoms with E-state index in [0.29, 0.717) is 17.3 Å². The molecule has 4 amide bonds. The second-order valence-electron chi connectivity index (χ2n) is 9.95. The standard InChI is InChI=1S/C30H30F2N4O5/c1-18-6-3-8-20(12-18)25(17-26(37)38)34-27(39)28-35(29(40)21-14-22(31)16-23(32)15-21)10-5-11-36(28)30(41)33-24-9-4-7-19(2)13-24/h3-4,6-9,12-16,25,28H,5,10-11,17H2,1-2H3,(H,33,41)(H,34,39)(H,37,38). The summed E-state index contributed by atoms with van der Waals surface area (Å²) in [7, 11) is 0. The number of hydrogen-bond acceptors (Lipinski definition) is 4. The molecule has 214 valence electrons. The smallest absolute Gasteiger partial charge is 0.323 e. The number of carboxylic acids is 1. The molecule has 1 fully saturated rings. The van der Waals surface area contributed by atoms with E-state index in [0.717, 1.165) is 33.1 Å². The average molecular weight is 565 g/mol. The summed E-state index contributed by atoms with van der Waals surface area (Å²) in [5.74, 6) is -4.79. The summed E-state index contributed by atoms with van der Waals surface area (Å²) in [4.78, 5) is 54.8. The molecule has 0 aromatic heterocycles. The Kier molecular flexibility index (Phi) is 8.96. The number of carboxylic acid groups (broad SMARTS) is 1. The van der Waals surface area contributed by atoms with Crippen LogP contribution in [-0.2, 0) is 9.59 Å². The van der Waals surface area contributed by atoms with Crippen LogP contribution in [-0.4, -0.2) is 58.0 Å². The first kappa shape index (κ1) is 29.2. The predicted molar refractivity (Wildman–Crippen MR) is 147 cm³/mol. The van der Waals surface area contributed by atoms with Gasteiger partial charge in [-0.25, -0.2) is 13.6 Å². The zero-order valence-electron chi connectivity index (χ0n) is 22.6. The molecule has 4 rings (SSSR count). The Balaban J connectivity index is 1.70. The van der Waals surface area contributed by atoms with Crippen molar-refractivity contribution in [3.63, 3.8) is 0 Å². The third-order valence-corrected chi connectivity index (χ3v) is 6.66. The zero-order chi connectivity index (χ0) is 29.7. The van der Waals surface area contributed by atoms with Crippen LogP contribution in [0.4, 0.5) is 19.3 Å². The second-order valence-corrected chi connectivity index (χ2v) is 9.95. The van der Waals surface area contributed by atoms with Crippen LogP contribution in [0, 0.1) is 25.5 Å². The van der Waals surface area contributed by atoms with Gasteiger partial charge in [-0.3, -0.25) is 19.3 Å². The van der Waals surface area contributed by atoms with Gasteiger partial charge in [0.2, 0.25) is 0 Å². The van der Waals surface area contributed by atoms with Crippen LogP contribution in [0.15, 0.2) is 66.7 Å². The molecule has 2 unspecified atom stereocenters. The van der Waals surface area contributed by atoms with Gasteiger partial charge in [0.05, 0.1) is 12.5 Å². The van der Waals surface area contributed by atoms with Crippen LogP contribution >= 0.6 is 0 Å².